The van der Waals surface area contributed by atoms with E-state index in [1.165, 1.54) is 11.3 Å². The number of esters is 1. The molecule has 0 saturated carbocycles. The lowest BCUT2D eigenvalue weighted by atomic mass is 10.0. The van der Waals surface area contributed by atoms with Gasteiger partial charge in [0.25, 0.3) is 5.91 Å². The van der Waals surface area contributed by atoms with Crippen LogP contribution >= 0.6 is 27.3 Å². The average Bonchev–Trinajstić information content (AvgIpc) is 2.69. The Balaban J connectivity index is 2.77. The van der Waals surface area contributed by atoms with Crippen LogP contribution in [0.1, 0.15) is 45.0 Å². The lowest BCUT2D eigenvalue weighted by molar-refractivity contribution is -0.158. The minimum atomic E-state index is -0.652. The molecule has 0 aromatic carbocycles. The van der Waals surface area contributed by atoms with Crippen molar-refractivity contribution >= 4 is 39.1 Å². The highest BCUT2D eigenvalue weighted by Gasteiger charge is 2.29. The first-order valence-corrected chi connectivity index (χ1v) is 8.05. The van der Waals surface area contributed by atoms with Gasteiger partial charge in [0.05, 0.1) is 9.35 Å². The van der Waals surface area contributed by atoms with E-state index in [9.17, 15) is 9.59 Å². The molecule has 20 heavy (non-hydrogen) atoms. The number of nitrogens with one attached hydrogen (secondary N) is 1. The standard InChI is InChI=1S/C14H20BrNO3S/c1-8(2)11(13(18)19-14(3,4)5)16-12(17)9-6-10(15)20-7-9/h6-8,11H,1-5H3,(H,16,17)/t11-/m1/s1. The summed E-state index contributed by atoms with van der Waals surface area (Å²) in [6.07, 6.45) is 0. The fourth-order valence-electron chi connectivity index (χ4n) is 1.52. The van der Waals surface area contributed by atoms with Crippen molar-refractivity contribution in [2.24, 2.45) is 5.92 Å². The SMILES string of the molecule is CC(C)[C@@H](NC(=O)c1csc(Br)c1)C(=O)OC(C)(C)C. The van der Waals surface area contributed by atoms with Gasteiger partial charge in [0.1, 0.15) is 11.6 Å². The third-order valence-corrected chi connectivity index (χ3v) is 3.95. The number of carbonyl (C=O) groups is 2. The van der Waals surface area contributed by atoms with Crippen molar-refractivity contribution in [1.82, 2.24) is 5.32 Å². The van der Waals surface area contributed by atoms with Gasteiger partial charge in [-0.3, -0.25) is 4.79 Å². The molecule has 0 radical (unpaired) electrons. The Labute approximate surface area is 132 Å². The average molecular weight is 362 g/mol. The van der Waals surface area contributed by atoms with Crippen LogP contribution in [0.15, 0.2) is 15.2 Å². The first kappa shape index (κ1) is 17.2. The number of carbonyl (C=O) groups excluding carboxylic acids is 2. The lowest BCUT2D eigenvalue weighted by Gasteiger charge is -2.26. The third kappa shape index (κ3) is 5.25. The fourth-order valence-corrected chi connectivity index (χ4v) is 2.65. The van der Waals surface area contributed by atoms with Crippen LogP contribution < -0.4 is 5.32 Å². The monoisotopic (exact) mass is 361 g/mol. The molecule has 1 amide bonds. The maximum Gasteiger partial charge on any atom is 0.329 e. The van der Waals surface area contributed by atoms with Gasteiger partial charge in [0.2, 0.25) is 0 Å². The van der Waals surface area contributed by atoms with Crippen molar-refractivity contribution in [1.29, 1.82) is 0 Å². The molecule has 0 aliphatic heterocycles. The minimum Gasteiger partial charge on any atom is -0.458 e. The molecule has 4 nitrogen and oxygen atoms in total. The van der Waals surface area contributed by atoms with Gasteiger partial charge < -0.3 is 10.1 Å². The second-order valence-corrected chi connectivity index (χ2v) is 8.16. The highest BCUT2D eigenvalue weighted by atomic mass is 79.9. The summed E-state index contributed by atoms with van der Waals surface area (Å²) >= 11 is 4.74. The van der Waals surface area contributed by atoms with E-state index in [0.717, 1.165) is 3.79 Å². The van der Waals surface area contributed by atoms with E-state index >= 15 is 0 Å². The summed E-state index contributed by atoms with van der Waals surface area (Å²) in [4.78, 5) is 24.2. The topological polar surface area (TPSA) is 55.4 Å². The van der Waals surface area contributed by atoms with Gasteiger partial charge in [-0.2, -0.15) is 0 Å². The highest BCUT2D eigenvalue weighted by Crippen LogP contribution is 2.21. The van der Waals surface area contributed by atoms with Crippen LogP contribution in [-0.4, -0.2) is 23.5 Å². The molecular formula is C14H20BrNO3S. The maximum atomic E-state index is 12.1. The highest BCUT2D eigenvalue weighted by molar-refractivity contribution is 9.11. The van der Waals surface area contributed by atoms with E-state index in [1.807, 2.05) is 13.8 Å². The molecule has 0 saturated heterocycles. The molecule has 0 aliphatic rings. The summed E-state index contributed by atoms with van der Waals surface area (Å²) in [6, 6.07) is 1.08. The Hall–Kier alpha value is -0.880. The second kappa shape index (κ2) is 6.72. The Morgan fingerprint density at radius 3 is 2.35 bits per heavy atom. The Morgan fingerprint density at radius 2 is 1.95 bits per heavy atom. The molecule has 1 atom stereocenters. The number of hydrogen-bond acceptors (Lipinski definition) is 4. The number of hydrogen-bond donors (Lipinski definition) is 1. The molecule has 1 aromatic heterocycles. The molecular weight excluding hydrogens is 342 g/mol. The number of halogens is 1. The first-order chi connectivity index (χ1) is 9.10. The van der Waals surface area contributed by atoms with Crippen molar-refractivity contribution in [3.63, 3.8) is 0 Å². The molecule has 0 fully saturated rings. The van der Waals surface area contributed by atoms with Crippen LogP contribution in [0.2, 0.25) is 0 Å². The van der Waals surface area contributed by atoms with E-state index < -0.39 is 17.6 Å². The third-order valence-electron chi connectivity index (χ3n) is 2.44. The van der Waals surface area contributed by atoms with Crippen LogP contribution in [-0.2, 0) is 9.53 Å². The van der Waals surface area contributed by atoms with E-state index in [-0.39, 0.29) is 11.8 Å². The van der Waals surface area contributed by atoms with Crippen molar-refractivity contribution in [2.75, 3.05) is 0 Å². The Kier molecular flexibility index (Phi) is 5.77. The smallest absolute Gasteiger partial charge is 0.329 e. The van der Waals surface area contributed by atoms with Crippen molar-refractivity contribution in [3.8, 4) is 0 Å². The Bertz CT molecular complexity index is 491. The maximum absolute atomic E-state index is 12.1. The summed E-state index contributed by atoms with van der Waals surface area (Å²) in [5, 5.41) is 4.48. The summed E-state index contributed by atoms with van der Waals surface area (Å²) < 4.78 is 6.22. The van der Waals surface area contributed by atoms with E-state index in [1.54, 1.807) is 32.2 Å². The molecule has 0 spiro atoms. The molecule has 1 N–H and O–H groups in total. The lowest BCUT2D eigenvalue weighted by Crippen LogP contribution is -2.47. The molecule has 0 unspecified atom stereocenters. The number of amides is 1. The van der Waals surface area contributed by atoms with E-state index in [4.69, 9.17) is 4.74 Å². The van der Waals surface area contributed by atoms with Gasteiger partial charge in [0, 0.05) is 5.38 Å². The molecule has 1 aromatic rings. The predicted molar refractivity (Wildman–Crippen MR) is 84.0 cm³/mol. The molecule has 0 bridgehead atoms. The Morgan fingerprint density at radius 1 is 1.35 bits per heavy atom. The van der Waals surface area contributed by atoms with Gasteiger partial charge in [-0.05, 0) is 48.7 Å². The molecule has 112 valence electrons. The quantitative estimate of drug-likeness (QED) is 0.833. The molecule has 1 rings (SSSR count). The molecule has 6 heteroatoms. The minimum absolute atomic E-state index is 0.0455. The number of thiophene rings is 1. The van der Waals surface area contributed by atoms with Crippen LogP contribution in [0.3, 0.4) is 0 Å². The van der Waals surface area contributed by atoms with Gasteiger partial charge in [0.15, 0.2) is 0 Å². The van der Waals surface area contributed by atoms with E-state index in [0.29, 0.717) is 5.56 Å². The zero-order valence-electron chi connectivity index (χ0n) is 12.3. The van der Waals surface area contributed by atoms with Gasteiger partial charge in [-0.15, -0.1) is 11.3 Å². The number of rotatable bonds is 4. The summed E-state index contributed by atoms with van der Waals surface area (Å²) in [5.74, 6) is -0.720. The van der Waals surface area contributed by atoms with Crippen molar-refractivity contribution in [2.45, 2.75) is 46.3 Å². The van der Waals surface area contributed by atoms with Crippen molar-refractivity contribution in [3.05, 3.63) is 20.8 Å². The largest absolute Gasteiger partial charge is 0.458 e. The normalized spacial score (nSPS) is 13.2. The van der Waals surface area contributed by atoms with Crippen LogP contribution in [0, 0.1) is 5.92 Å². The van der Waals surface area contributed by atoms with Crippen LogP contribution in [0.25, 0.3) is 0 Å². The fraction of sp³-hybridized carbons (Fsp3) is 0.571. The summed E-state index contributed by atoms with van der Waals surface area (Å²) in [5.41, 5.74) is -0.0310. The molecule has 1 heterocycles. The molecule has 0 aliphatic carbocycles. The number of ether oxygens (including phenoxy) is 1. The van der Waals surface area contributed by atoms with Crippen molar-refractivity contribution < 1.29 is 14.3 Å². The van der Waals surface area contributed by atoms with Crippen LogP contribution in [0.5, 0.6) is 0 Å². The summed E-state index contributed by atoms with van der Waals surface area (Å²) in [7, 11) is 0. The zero-order chi connectivity index (χ0) is 15.5. The summed E-state index contributed by atoms with van der Waals surface area (Å²) in [6.45, 7) is 9.16. The predicted octanol–water partition coefficient (Wildman–Crippen LogP) is 3.61. The van der Waals surface area contributed by atoms with Gasteiger partial charge >= 0.3 is 5.97 Å². The van der Waals surface area contributed by atoms with E-state index in [2.05, 4.69) is 21.2 Å². The van der Waals surface area contributed by atoms with Gasteiger partial charge in [-0.25, -0.2) is 4.79 Å². The van der Waals surface area contributed by atoms with Crippen LogP contribution in [0.4, 0.5) is 0 Å². The van der Waals surface area contributed by atoms with Gasteiger partial charge in [-0.1, -0.05) is 13.8 Å². The first-order valence-electron chi connectivity index (χ1n) is 6.38. The zero-order valence-corrected chi connectivity index (χ0v) is 14.7. The second-order valence-electron chi connectivity index (χ2n) is 5.87.